The van der Waals surface area contributed by atoms with E-state index < -0.39 is 10.0 Å². The van der Waals surface area contributed by atoms with Crippen LogP contribution in [0.4, 0.5) is 0 Å². The molecule has 2 aromatic heterocycles. The zero-order chi connectivity index (χ0) is 18.0. The number of pyridine rings is 1. The number of unbranched alkanes of at least 4 members (excludes halogenated alkanes) is 1. The lowest BCUT2D eigenvalue weighted by Gasteiger charge is -2.10. The molecule has 0 saturated heterocycles. The highest BCUT2D eigenvalue weighted by Gasteiger charge is 2.15. The van der Waals surface area contributed by atoms with E-state index in [9.17, 15) is 13.2 Å². The van der Waals surface area contributed by atoms with E-state index in [2.05, 4.69) is 19.3 Å². The van der Waals surface area contributed by atoms with Crippen molar-refractivity contribution < 1.29 is 8.42 Å². The van der Waals surface area contributed by atoms with E-state index in [0.29, 0.717) is 18.6 Å². The fourth-order valence-electron chi connectivity index (χ4n) is 3.07. The zero-order valence-corrected chi connectivity index (χ0v) is 15.2. The van der Waals surface area contributed by atoms with Gasteiger partial charge in [0.15, 0.2) is 5.52 Å². The number of nitrogens with one attached hydrogen (secondary N) is 2. The third-order valence-electron chi connectivity index (χ3n) is 4.18. The van der Waals surface area contributed by atoms with Gasteiger partial charge in [0.05, 0.1) is 17.3 Å². The van der Waals surface area contributed by atoms with Crippen LogP contribution in [0, 0.1) is 0 Å². The molecule has 0 radical (unpaired) electrons. The summed E-state index contributed by atoms with van der Waals surface area (Å²) in [6.07, 6.45) is 3.40. The van der Waals surface area contributed by atoms with E-state index in [-0.39, 0.29) is 5.56 Å². The number of para-hydroxylation sites is 1. The first kappa shape index (κ1) is 17.6. The molecular formula is C17H22N4O3S. The Labute approximate surface area is 146 Å². The fourth-order valence-corrected chi connectivity index (χ4v) is 3.59. The number of sulfonamides is 1. The SMILES string of the molecule is CCc1nc2c(=O)[nH]c3ccccc3c2n1CCCCNS(C)(=O)=O. The van der Waals surface area contributed by atoms with Crippen molar-refractivity contribution in [1.29, 1.82) is 0 Å². The molecule has 8 heteroatoms. The summed E-state index contributed by atoms with van der Waals surface area (Å²) in [6.45, 7) is 3.12. The Hall–Kier alpha value is -2.19. The smallest absolute Gasteiger partial charge is 0.276 e. The second-order valence-electron chi connectivity index (χ2n) is 6.10. The van der Waals surface area contributed by atoms with E-state index >= 15 is 0 Å². The number of fused-ring (bicyclic) bond motifs is 3. The van der Waals surface area contributed by atoms with Crippen LogP contribution in [-0.2, 0) is 23.0 Å². The summed E-state index contributed by atoms with van der Waals surface area (Å²) < 4.78 is 26.8. The Balaban J connectivity index is 1.95. The van der Waals surface area contributed by atoms with Gasteiger partial charge in [0.25, 0.3) is 5.56 Å². The lowest BCUT2D eigenvalue weighted by Crippen LogP contribution is -2.23. The summed E-state index contributed by atoms with van der Waals surface area (Å²) in [6, 6.07) is 7.70. The molecular weight excluding hydrogens is 340 g/mol. The van der Waals surface area contributed by atoms with Crippen LogP contribution >= 0.6 is 0 Å². The maximum absolute atomic E-state index is 12.4. The van der Waals surface area contributed by atoms with Gasteiger partial charge < -0.3 is 9.55 Å². The number of aromatic amines is 1. The Morgan fingerprint density at radius 3 is 2.72 bits per heavy atom. The normalized spacial score (nSPS) is 12.2. The van der Waals surface area contributed by atoms with E-state index in [1.165, 1.54) is 0 Å². The van der Waals surface area contributed by atoms with Crippen LogP contribution in [0.2, 0.25) is 0 Å². The van der Waals surface area contributed by atoms with Crippen molar-refractivity contribution in [2.75, 3.05) is 12.8 Å². The van der Waals surface area contributed by atoms with Gasteiger partial charge in [0.1, 0.15) is 5.82 Å². The maximum Gasteiger partial charge on any atom is 0.276 e. The monoisotopic (exact) mass is 362 g/mol. The maximum atomic E-state index is 12.4. The molecule has 25 heavy (non-hydrogen) atoms. The minimum absolute atomic E-state index is 0.180. The van der Waals surface area contributed by atoms with Gasteiger partial charge in [-0.25, -0.2) is 18.1 Å². The van der Waals surface area contributed by atoms with Crippen LogP contribution in [0.25, 0.3) is 21.9 Å². The first-order chi connectivity index (χ1) is 11.9. The molecule has 7 nitrogen and oxygen atoms in total. The van der Waals surface area contributed by atoms with Gasteiger partial charge in [-0.2, -0.15) is 0 Å². The third-order valence-corrected chi connectivity index (χ3v) is 4.91. The van der Waals surface area contributed by atoms with E-state index in [1.807, 2.05) is 31.2 Å². The molecule has 0 atom stereocenters. The Kier molecular flexibility index (Phi) is 4.91. The van der Waals surface area contributed by atoms with Gasteiger partial charge in [0, 0.05) is 24.9 Å². The summed E-state index contributed by atoms with van der Waals surface area (Å²) in [5.74, 6) is 0.868. The van der Waals surface area contributed by atoms with Crippen LogP contribution in [0.3, 0.4) is 0 Å². The predicted octanol–water partition coefficient (Wildman–Crippen LogP) is 1.77. The molecule has 0 amide bonds. The van der Waals surface area contributed by atoms with Crippen LogP contribution < -0.4 is 10.3 Å². The standard InChI is InChI=1S/C17H22N4O3S/c1-3-14-20-15-16(12-8-4-5-9-13(12)19-17(15)22)21(14)11-7-6-10-18-25(2,23)24/h4-5,8-9,18H,3,6-7,10-11H2,1-2H3,(H,19,22). The zero-order valence-electron chi connectivity index (χ0n) is 14.4. The van der Waals surface area contributed by atoms with Crippen molar-refractivity contribution in [2.45, 2.75) is 32.7 Å². The number of H-pyrrole nitrogens is 1. The summed E-state index contributed by atoms with van der Waals surface area (Å²) in [5.41, 5.74) is 1.93. The van der Waals surface area contributed by atoms with E-state index in [4.69, 9.17) is 0 Å². The first-order valence-corrected chi connectivity index (χ1v) is 10.2. The van der Waals surface area contributed by atoms with Crippen molar-refractivity contribution in [3.05, 3.63) is 40.4 Å². The molecule has 3 aromatic rings. The average molecular weight is 362 g/mol. The van der Waals surface area contributed by atoms with Gasteiger partial charge in [-0.3, -0.25) is 4.79 Å². The number of imidazole rings is 1. The Bertz CT molecular complexity index is 1070. The molecule has 1 aromatic carbocycles. The van der Waals surface area contributed by atoms with Crippen molar-refractivity contribution in [2.24, 2.45) is 0 Å². The van der Waals surface area contributed by atoms with Crippen molar-refractivity contribution in [3.63, 3.8) is 0 Å². The van der Waals surface area contributed by atoms with Crippen molar-refractivity contribution in [3.8, 4) is 0 Å². The lowest BCUT2D eigenvalue weighted by molar-refractivity contribution is 0.569. The molecule has 0 aliphatic heterocycles. The van der Waals surface area contributed by atoms with E-state index in [0.717, 1.165) is 47.8 Å². The summed E-state index contributed by atoms with van der Waals surface area (Å²) in [7, 11) is -3.15. The van der Waals surface area contributed by atoms with Gasteiger partial charge in [0.2, 0.25) is 10.0 Å². The molecule has 0 fully saturated rings. The second kappa shape index (κ2) is 6.97. The molecule has 134 valence electrons. The van der Waals surface area contributed by atoms with Gasteiger partial charge in [-0.1, -0.05) is 25.1 Å². The molecule has 3 rings (SSSR count). The highest BCUT2D eigenvalue weighted by Crippen LogP contribution is 2.23. The molecule has 0 bridgehead atoms. The lowest BCUT2D eigenvalue weighted by atomic mass is 10.2. The quantitative estimate of drug-likeness (QED) is 0.626. The Morgan fingerprint density at radius 1 is 1.24 bits per heavy atom. The van der Waals surface area contributed by atoms with Crippen molar-refractivity contribution >= 4 is 32.0 Å². The molecule has 0 aliphatic rings. The number of aryl methyl sites for hydroxylation is 2. The number of rotatable bonds is 7. The molecule has 2 N–H and O–H groups in total. The van der Waals surface area contributed by atoms with Crippen molar-refractivity contribution in [1.82, 2.24) is 19.3 Å². The summed E-state index contributed by atoms with van der Waals surface area (Å²) in [4.78, 5) is 19.8. The second-order valence-corrected chi connectivity index (χ2v) is 7.94. The predicted molar refractivity (Wildman–Crippen MR) is 99.3 cm³/mol. The number of benzene rings is 1. The topological polar surface area (TPSA) is 96.8 Å². The average Bonchev–Trinajstić information content (AvgIpc) is 2.93. The minimum atomic E-state index is -3.15. The third kappa shape index (κ3) is 3.74. The molecule has 0 saturated carbocycles. The van der Waals surface area contributed by atoms with Gasteiger partial charge in [-0.05, 0) is 18.9 Å². The van der Waals surface area contributed by atoms with E-state index in [1.54, 1.807) is 0 Å². The van der Waals surface area contributed by atoms with Gasteiger partial charge >= 0.3 is 0 Å². The largest absolute Gasteiger partial charge is 0.327 e. The highest BCUT2D eigenvalue weighted by molar-refractivity contribution is 7.88. The fraction of sp³-hybridized carbons (Fsp3) is 0.412. The van der Waals surface area contributed by atoms with Crippen LogP contribution in [-0.4, -0.2) is 35.8 Å². The number of nitrogens with zero attached hydrogens (tertiary/aromatic N) is 2. The number of hydrogen-bond acceptors (Lipinski definition) is 4. The highest BCUT2D eigenvalue weighted by atomic mass is 32.2. The summed E-state index contributed by atoms with van der Waals surface area (Å²) >= 11 is 0. The molecule has 0 spiro atoms. The molecule has 2 heterocycles. The first-order valence-electron chi connectivity index (χ1n) is 8.35. The Morgan fingerprint density at radius 2 is 2.00 bits per heavy atom. The van der Waals surface area contributed by atoms with Crippen LogP contribution in [0.1, 0.15) is 25.6 Å². The number of aromatic nitrogens is 3. The van der Waals surface area contributed by atoms with Crippen LogP contribution in [0.5, 0.6) is 0 Å². The van der Waals surface area contributed by atoms with Crippen LogP contribution in [0.15, 0.2) is 29.1 Å². The summed E-state index contributed by atoms with van der Waals surface area (Å²) in [5, 5.41) is 0.971. The number of hydrogen-bond donors (Lipinski definition) is 2. The molecule has 0 unspecified atom stereocenters. The molecule has 0 aliphatic carbocycles. The van der Waals surface area contributed by atoms with Gasteiger partial charge in [-0.15, -0.1) is 0 Å². The minimum Gasteiger partial charge on any atom is -0.327 e.